The number of ether oxygens (including phenoxy) is 1. The lowest BCUT2D eigenvalue weighted by Gasteiger charge is -2.10. The predicted molar refractivity (Wildman–Crippen MR) is 54.6 cm³/mol. The first-order valence-corrected chi connectivity index (χ1v) is 4.80. The zero-order chi connectivity index (χ0) is 12.5. The molecule has 0 fully saturated rings. The fourth-order valence-corrected chi connectivity index (χ4v) is 1.46. The van der Waals surface area contributed by atoms with Gasteiger partial charge < -0.3 is 9.72 Å². The number of aromatic nitrogens is 2. The lowest BCUT2D eigenvalue weighted by molar-refractivity contribution is -0.274. The number of hydrogen-bond donors (Lipinski definition) is 1. The van der Waals surface area contributed by atoms with Crippen LogP contribution in [0.2, 0.25) is 5.02 Å². The van der Waals surface area contributed by atoms with Gasteiger partial charge in [0.05, 0.1) is 10.7 Å². The van der Waals surface area contributed by atoms with Crippen molar-refractivity contribution in [1.29, 1.82) is 0 Å². The minimum Gasteiger partial charge on any atom is -0.404 e. The van der Waals surface area contributed by atoms with Gasteiger partial charge in [0.2, 0.25) is 0 Å². The van der Waals surface area contributed by atoms with Gasteiger partial charge in [-0.2, -0.15) is 0 Å². The van der Waals surface area contributed by atoms with Gasteiger partial charge in [0.25, 0.3) is 0 Å². The molecule has 0 aliphatic heterocycles. The van der Waals surface area contributed by atoms with E-state index in [0.717, 1.165) is 6.07 Å². The molecule has 0 spiro atoms. The summed E-state index contributed by atoms with van der Waals surface area (Å²) >= 11 is 5.68. The number of alkyl halides is 3. The van der Waals surface area contributed by atoms with Gasteiger partial charge in [-0.25, -0.2) is 4.98 Å². The van der Waals surface area contributed by atoms with Gasteiger partial charge in [-0.15, -0.1) is 13.2 Å². The number of nitrogens with one attached hydrogen (secondary N) is 1. The summed E-state index contributed by atoms with van der Waals surface area (Å²) in [5.41, 5.74) is 1.10. The van der Waals surface area contributed by atoms with Gasteiger partial charge in [-0.3, -0.25) is 0 Å². The number of hydrogen-bond acceptors (Lipinski definition) is 2. The van der Waals surface area contributed by atoms with Crippen LogP contribution in [0.3, 0.4) is 0 Å². The monoisotopic (exact) mass is 261 g/mol. The first kappa shape index (κ1) is 11.8. The Balaban J connectivity index is 2.29. The molecule has 3 nitrogen and oxygen atoms in total. The molecule has 1 aromatic carbocycles. The Bertz CT molecular complexity index is 511. The highest BCUT2D eigenvalue weighted by Gasteiger charge is 2.32. The number of rotatable bonds is 2. The lowest BCUT2D eigenvalue weighted by atomic mass is 10.1. The highest BCUT2D eigenvalue weighted by Crippen LogP contribution is 2.33. The molecule has 0 saturated heterocycles. The van der Waals surface area contributed by atoms with E-state index in [9.17, 15) is 13.2 Å². The van der Waals surface area contributed by atoms with Crippen molar-refractivity contribution in [1.82, 2.24) is 9.97 Å². The molecule has 1 heterocycles. The zero-order valence-corrected chi connectivity index (χ0v) is 8.93. The van der Waals surface area contributed by atoms with E-state index in [1.807, 2.05) is 0 Å². The first-order valence-electron chi connectivity index (χ1n) is 4.43. The van der Waals surface area contributed by atoms with Gasteiger partial charge in [-0.1, -0.05) is 11.6 Å². The van der Waals surface area contributed by atoms with E-state index in [2.05, 4.69) is 21.0 Å². The van der Waals surface area contributed by atoms with Crippen molar-refractivity contribution in [3.05, 3.63) is 35.7 Å². The molecule has 0 atom stereocenters. The Labute approximate surface area is 99.2 Å². The van der Waals surface area contributed by atoms with Crippen LogP contribution in [0.1, 0.15) is 0 Å². The zero-order valence-electron chi connectivity index (χ0n) is 8.18. The highest BCUT2D eigenvalue weighted by atomic mass is 35.5. The second-order valence-electron chi connectivity index (χ2n) is 3.09. The van der Waals surface area contributed by atoms with E-state index in [0.29, 0.717) is 11.3 Å². The second kappa shape index (κ2) is 4.29. The van der Waals surface area contributed by atoms with Crippen LogP contribution < -0.4 is 4.74 Å². The van der Waals surface area contributed by atoms with Crippen LogP contribution in [0.25, 0.3) is 11.3 Å². The molecule has 2 rings (SSSR count). The largest absolute Gasteiger partial charge is 0.573 e. The normalized spacial score (nSPS) is 11.5. The third-order valence-corrected chi connectivity index (χ3v) is 2.20. The van der Waals surface area contributed by atoms with Crippen LogP contribution in [0.4, 0.5) is 13.2 Å². The van der Waals surface area contributed by atoms with Crippen LogP contribution in [-0.4, -0.2) is 16.3 Å². The van der Waals surface area contributed by atoms with Crippen LogP contribution in [0.15, 0.2) is 24.4 Å². The van der Waals surface area contributed by atoms with Gasteiger partial charge in [0, 0.05) is 11.8 Å². The summed E-state index contributed by atoms with van der Waals surface area (Å²) in [6.45, 7) is 0. The van der Waals surface area contributed by atoms with Crippen molar-refractivity contribution < 1.29 is 17.9 Å². The second-order valence-corrected chi connectivity index (χ2v) is 3.50. The van der Waals surface area contributed by atoms with Crippen molar-refractivity contribution in [2.75, 3.05) is 0 Å². The molecule has 1 aromatic heterocycles. The maximum absolute atomic E-state index is 12.0. The minimum atomic E-state index is -4.76. The molecule has 0 saturated carbocycles. The third-order valence-electron chi connectivity index (χ3n) is 1.90. The molecule has 89 valence electrons. The summed E-state index contributed by atoms with van der Waals surface area (Å²) in [6.07, 6.45) is -0.736. The molecule has 7 heteroatoms. The molecule has 0 unspecified atom stereocenters. The molecule has 0 aliphatic carbocycles. The molecule has 0 bridgehead atoms. The van der Waals surface area contributed by atoms with Crippen LogP contribution in [-0.2, 0) is 0 Å². The Hall–Kier alpha value is -1.69. The van der Waals surface area contributed by atoms with E-state index >= 15 is 0 Å². The number of H-pyrrole nitrogens is 1. The Morgan fingerprint density at radius 2 is 2.12 bits per heavy atom. The summed E-state index contributed by atoms with van der Waals surface area (Å²) < 4.78 is 39.7. The Morgan fingerprint density at radius 3 is 2.65 bits per heavy atom. The molecule has 1 radical (unpaired) electrons. The summed E-state index contributed by atoms with van der Waals surface area (Å²) in [7, 11) is 0. The van der Waals surface area contributed by atoms with Gasteiger partial charge >= 0.3 is 6.36 Å². The number of nitrogens with zero attached hydrogens (tertiary/aromatic N) is 1. The highest BCUT2D eigenvalue weighted by molar-refractivity contribution is 6.32. The maximum Gasteiger partial charge on any atom is 0.573 e. The predicted octanol–water partition coefficient (Wildman–Crippen LogP) is 3.43. The van der Waals surface area contributed by atoms with Gasteiger partial charge in [-0.05, 0) is 18.2 Å². The average molecular weight is 262 g/mol. The number of halogens is 4. The molecule has 2 aromatic rings. The minimum absolute atomic E-state index is 0.136. The van der Waals surface area contributed by atoms with Crippen LogP contribution in [0.5, 0.6) is 5.75 Å². The fourth-order valence-electron chi connectivity index (χ4n) is 1.24. The lowest BCUT2D eigenvalue weighted by Crippen LogP contribution is -2.17. The van der Waals surface area contributed by atoms with E-state index < -0.39 is 12.1 Å². The smallest absolute Gasteiger partial charge is 0.404 e. The Morgan fingerprint density at radius 1 is 1.35 bits per heavy atom. The van der Waals surface area contributed by atoms with E-state index in [-0.39, 0.29) is 5.02 Å². The topological polar surface area (TPSA) is 37.9 Å². The SMILES string of the molecule is FC(F)(F)Oc1ccc(-c2c[nH][c]n2)cc1Cl. The molecular weight excluding hydrogens is 257 g/mol. The van der Waals surface area contributed by atoms with E-state index in [1.54, 1.807) is 6.20 Å². The first-order chi connectivity index (χ1) is 7.96. The summed E-state index contributed by atoms with van der Waals surface area (Å²) in [5, 5.41) is -0.136. The van der Waals surface area contributed by atoms with Crippen molar-refractivity contribution in [2.45, 2.75) is 6.36 Å². The maximum atomic E-state index is 12.0. The van der Waals surface area contributed by atoms with Crippen molar-refractivity contribution in [2.24, 2.45) is 0 Å². The van der Waals surface area contributed by atoms with Gasteiger partial charge in [0.15, 0.2) is 6.33 Å². The number of benzene rings is 1. The van der Waals surface area contributed by atoms with Crippen molar-refractivity contribution in [3.63, 3.8) is 0 Å². The standard InChI is InChI=1S/C10H5ClF3N2O/c11-7-3-6(8-4-15-5-16-8)1-2-9(7)17-10(12,13)14/h1-4H,(H,15,16). The molecule has 0 amide bonds. The molecule has 1 N–H and O–H groups in total. The molecule has 0 aliphatic rings. The Kier molecular flexibility index (Phi) is 2.97. The van der Waals surface area contributed by atoms with Crippen molar-refractivity contribution in [3.8, 4) is 17.0 Å². The van der Waals surface area contributed by atoms with Crippen LogP contribution in [0, 0.1) is 6.33 Å². The van der Waals surface area contributed by atoms with Gasteiger partial charge in [0.1, 0.15) is 5.75 Å². The van der Waals surface area contributed by atoms with E-state index in [1.165, 1.54) is 12.1 Å². The summed E-state index contributed by atoms with van der Waals surface area (Å²) in [4.78, 5) is 6.44. The summed E-state index contributed by atoms with van der Waals surface area (Å²) in [5.74, 6) is -0.442. The van der Waals surface area contributed by atoms with E-state index in [4.69, 9.17) is 11.6 Å². The average Bonchev–Trinajstić information content (AvgIpc) is 2.72. The van der Waals surface area contributed by atoms with Crippen LogP contribution >= 0.6 is 11.6 Å². The fraction of sp³-hybridized carbons (Fsp3) is 0.100. The molecular formula is C10H5ClF3N2O. The van der Waals surface area contributed by atoms with Crippen molar-refractivity contribution >= 4 is 11.6 Å². The number of imidazole rings is 1. The molecule has 17 heavy (non-hydrogen) atoms. The number of aromatic amines is 1. The quantitative estimate of drug-likeness (QED) is 0.899. The third kappa shape index (κ3) is 2.91. The summed E-state index contributed by atoms with van der Waals surface area (Å²) in [6, 6.07) is 3.91.